The number of aliphatic carboxylic acids is 1. The first-order chi connectivity index (χ1) is 17.2. The van der Waals surface area contributed by atoms with Crippen LogP contribution in [-0.4, -0.2) is 53.2 Å². The number of phenolic OH excluding ortho intramolecular Hbond substituents is 1. The maximum Gasteiger partial charge on any atom is 0.347 e. The SMILES string of the molecule is CCCc1c(OCCCCCOC2Cc3cc(C(C)=O)ccc3OC2C(=O)O)ccc(C(C)=O)c1O. The van der Waals surface area contributed by atoms with E-state index in [0.717, 1.165) is 24.8 Å². The molecule has 0 radical (unpaired) electrons. The number of hydrogen-bond donors (Lipinski definition) is 2. The van der Waals surface area contributed by atoms with Crippen LogP contribution in [0.1, 0.15) is 78.3 Å². The number of benzene rings is 2. The van der Waals surface area contributed by atoms with E-state index < -0.39 is 18.2 Å². The molecule has 8 nitrogen and oxygen atoms in total. The molecule has 194 valence electrons. The highest BCUT2D eigenvalue weighted by molar-refractivity contribution is 5.97. The summed E-state index contributed by atoms with van der Waals surface area (Å²) in [6.07, 6.45) is 2.29. The van der Waals surface area contributed by atoms with Crippen molar-refractivity contribution in [3.05, 3.63) is 52.6 Å². The summed E-state index contributed by atoms with van der Waals surface area (Å²) < 4.78 is 17.4. The number of hydrogen-bond acceptors (Lipinski definition) is 7. The van der Waals surface area contributed by atoms with Gasteiger partial charge in [0.15, 0.2) is 11.6 Å². The summed E-state index contributed by atoms with van der Waals surface area (Å²) in [7, 11) is 0. The maximum atomic E-state index is 11.7. The largest absolute Gasteiger partial charge is 0.507 e. The monoisotopic (exact) mass is 498 g/mol. The number of carbonyl (C=O) groups excluding carboxylic acids is 2. The van der Waals surface area contributed by atoms with Crippen LogP contribution in [0.2, 0.25) is 0 Å². The Morgan fingerprint density at radius 1 is 1.03 bits per heavy atom. The third kappa shape index (κ3) is 6.63. The Bertz CT molecular complexity index is 1110. The van der Waals surface area contributed by atoms with Crippen LogP contribution in [-0.2, 0) is 22.4 Å². The molecule has 0 bridgehead atoms. The number of ketones is 2. The lowest BCUT2D eigenvalue weighted by atomic mass is 9.96. The van der Waals surface area contributed by atoms with Gasteiger partial charge in [0.2, 0.25) is 6.10 Å². The molecule has 0 spiro atoms. The van der Waals surface area contributed by atoms with Gasteiger partial charge in [0.25, 0.3) is 0 Å². The van der Waals surface area contributed by atoms with Gasteiger partial charge >= 0.3 is 5.97 Å². The number of carbonyl (C=O) groups is 3. The molecular weight excluding hydrogens is 464 g/mol. The van der Waals surface area contributed by atoms with Crippen LogP contribution in [0.15, 0.2) is 30.3 Å². The molecule has 8 heteroatoms. The lowest BCUT2D eigenvalue weighted by Gasteiger charge is -2.31. The summed E-state index contributed by atoms with van der Waals surface area (Å²) in [5.74, 6) is -0.291. The molecule has 0 aliphatic carbocycles. The molecule has 0 aromatic heterocycles. The number of fused-ring (bicyclic) bond motifs is 1. The van der Waals surface area contributed by atoms with Crippen molar-refractivity contribution in [1.82, 2.24) is 0 Å². The summed E-state index contributed by atoms with van der Waals surface area (Å²) in [5, 5.41) is 20.0. The number of phenols is 1. The van der Waals surface area contributed by atoms with Gasteiger partial charge in [0.1, 0.15) is 23.4 Å². The molecule has 1 aliphatic heterocycles. The molecule has 3 rings (SSSR count). The molecular formula is C28H34O8. The second kappa shape index (κ2) is 12.5. The highest BCUT2D eigenvalue weighted by Gasteiger charge is 2.36. The Kier molecular flexibility index (Phi) is 9.47. The van der Waals surface area contributed by atoms with Gasteiger partial charge in [0, 0.05) is 24.2 Å². The third-order valence-electron chi connectivity index (χ3n) is 6.22. The van der Waals surface area contributed by atoms with Crippen LogP contribution in [0.4, 0.5) is 0 Å². The zero-order valence-corrected chi connectivity index (χ0v) is 21.0. The second-order valence-electron chi connectivity index (χ2n) is 9.02. The predicted molar refractivity (Wildman–Crippen MR) is 133 cm³/mol. The van der Waals surface area contributed by atoms with Crippen molar-refractivity contribution in [2.45, 2.75) is 71.5 Å². The van der Waals surface area contributed by atoms with Crippen molar-refractivity contribution < 1.29 is 38.8 Å². The quantitative estimate of drug-likeness (QED) is 0.299. The van der Waals surface area contributed by atoms with E-state index in [0.29, 0.717) is 60.7 Å². The summed E-state index contributed by atoms with van der Waals surface area (Å²) >= 11 is 0. The van der Waals surface area contributed by atoms with Crippen LogP contribution >= 0.6 is 0 Å². The van der Waals surface area contributed by atoms with Gasteiger partial charge in [0.05, 0.1) is 12.2 Å². The zero-order chi connectivity index (χ0) is 26.2. The number of unbranched alkanes of at least 4 members (excludes halogenated alkanes) is 2. The minimum atomic E-state index is -1.10. The fourth-order valence-electron chi connectivity index (χ4n) is 4.29. The van der Waals surface area contributed by atoms with Crippen LogP contribution < -0.4 is 9.47 Å². The molecule has 0 saturated heterocycles. The molecule has 2 atom stereocenters. The van der Waals surface area contributed by atoms with E-state index >= 15 is 0 Å². The minimum Gasteiger partial charge on any atom is -0.507 e. The molecule has 2 N–H and O–H groups in total. The highest BCUT2D eigenvalue weighted by Crippen LogP contribution is 2.33. The van der Waals surface area contributed by atoms with E-state index in [9.17, 15) is 24.6 Å². The first-order valence-electron chi connectivity index (χ1n) is 12.4. The van der Waals surface area contributed by atoms with Gasteiger partial charge in [-0.2, -0.15) is 0 Å². The fraction of sp³-hybridized carbons (Fsp3) is 0.464. The van der Waals surface area contributed by atoms with Crippen molar-refractivity contribution in [2.24, 2.45) is 0 Å². The van der Waals surface area contributed by atoms with E-state index in [1.807, 2.05) is 6.92 Å². The maximum absolute atomic E-state index is 11.7. The smallest absolute Gasteiger partial charge is 0.347 e. The van der Waals surface area contributed by atoms with Crippen molar-refractivity contribution in [3.8, 4) is 17.2 Å². The predicted octanol–water partition coefficient (Wildman–Crippen LogP) is 4.77. The van der Waals surface area contributed by atoms with E-state index in [-0.39, 0.29) is 17.3 Å². The molecule has 36 heavy (non-hydrogen) atoms. The Morgan fingerprint density at radius 2 is 1.78 bits per heavy atom. The molecule has 1 heterocycles. The van der Waals surface area contributed by atoms with Gasteiger partial charge in [-0.3, -0.25) is 9.59 Å². The number of aromatic hydroxyl groups is 1. The van der Waals surface area contributed by atoms with Gasteiger partial charge in [-0.25, -0.2) is 4.79 Å². The van der Waals surface area contributed by atoms with Crippen LogP contribution in [0.3, 0.4) is 0 Å². The van der Waals surface area contributed by atoms with Gasteiger partial charge < -0.3 is 24.4 Å². The van der Waals surface area contributed by atoms with Crippen molar-refractivity contribution in [1.29, 1.82) is 0 Å². The number of rotatable bonds is 13. The highest BCUT2D eigenvalue weighted by atomic mass is 16.6. The first kappa shape index (κ1) is 27.2. The number of ether oxygens (including phenoxy) is 3. The van der Waals surface area contributed by atoms with Gasteiger partial charge in [-0.15, -0.1) is 0 Å². The molecule has 0 saturated carbocycles. The summed E-state index contributed by atoms with van der Waals surface area (Å²) in [4.78, 5) is 35.1. The lowest BCUT2D eigenvalue weighted by molar-refractivity contribution is -0.154. The molecule has 0 fully saturated rings. The number of Topliss-reactive ketones (excluding diaryl/α,β-unsaturated/α-hetero) is 2. The van der Waals surface area contributed by atoms with Gasteiger partial charge in [-0.05, 0) is 75.4 Å². The second-order valence-corrected chi connectivity index (χ2v) is 9.02. The van der Waals surface area contributed by atoms with Crippen LogP contribution in [0.5, 0.6) is 17.2 Å². The first-order valence-corrected chi connectivity index (χ1v) is 12.4. The minimum absolute atomic E-state index is 0.00469. The summed E-state index contributed by atoms with van der Waals surface area (Å²) in [6, 6.07) is 8.32. The van der Waals surface area contributed by atoms with E-state index in [4.69, 9.17) is 14.2 Å². The Morgan fingerprint density at radius 3 is 2.44 bits per heavy atom. The normalized spacial score (nSPS) is 16.6. The van der Waals surface area contributed by atoms with E-state index in [1.54, 1.807) is 30.3 Å². The molecule has 2 unspecified atom stereocenters. The van der Waals surface area contributed by atoms with Crippen molar-refractivity contribution in [2.75, 3.05) is 13.2 Å². The summed E-state index contributed by atoms with van der Waals surface area (Å²) in [5.41, 5.74) is 2.27. The fourth-order valence-corrected chi connectivity index (χ4v) is 4.29. The third-order valence-corrected chi connectivity index (χ3v) is 6.22. The van der Waals surface area contributed by atoms with Gasteiger partial charge in [-0.1, -0.05) is 13.3 Å². The average Bonchev–Trinajstić information content (AvgIpc) is 2.84. The molecule has 1 aliphatic rings. The van der Waals surface area contributed by atoms with E-state index in [2.05, 4.69) is 0 Å². The zero-order valence-electron chi connectivity index (χ0n) is 21.0. The molecule has 0 amide bonds. The molecule has 2 aromatic rings. The van der Waals surface area contributed by atoms with Crippen LogP contribution in [0.25, 0.3) is 0 Å². The average molecular weight is 499 g/mol. The Balaban J connectivity index is 1.48. The van der Waals surface area contributed by atoms with Crippen LogP contribution in [0, 0.1) is 0 Å². The number of carboxylic acids is 1. The van der Waals surface area contributed by atoms with Crippen molar-refractivity contribution >= 4 is 17.5 Å². The lowest BCUT2D eigenvalue weighted by Crippen LogP contribution is -2.45. The van der Waals surface area contributed by atoms with Crippen molar-refractivity contribution in [3.63, 3.8) is 0 Å². The molecule has 2 aromatic carbocycles. The standard InChI is InChI=1S/C28H34O8/c1-4-8-22-24(12-10-21(18(3)30)26(22)31)34-13-6-5-7-14-35-25-16-20-15-19(17(2)29)9-11-23(20)36-27(25)28(32)33/h9-12,15,25,27,31H,4-8,13-14,16H2,1-3H3,(H,32,33). The topological polar surface area (TPSA) is 119 Å². The van der Waals surface area contributed by atoms with E-state index in [1.165, 1.54) is 13.8 Å². The Hall–Kier alpha value is -3.39. The number of carboxylic acid groups (broad SMARTS) is 1. The Labute approximate surface area is 211 Å². The summed E-state index contributed by atoms with van der Waals surface area (Å²) in [6.45, 7) is 5.72.